The average Bonchev–Trinajstić information content (AvgIpc) is 2.35. The number of ether oxygens (including phenoxy) is 1. The van der Waals surface area contributed by atoms with Crippen LogP contribution in [0.1, 0.15) is 17.5 Å². The van der Waals surface area contributed by atoms with Gasteiger partial charge in [-0.3, -0.25) is 11.3 Å². The Hall–Kier alpha value is -0.900. The van der Waals surface area contributed by atoms with Crippen LogP contribution in [0.15, 0.2) is 24.3 Å². The molecule has 2 unspecified atom stereocenters. The maximum Gasteiger partial charge on any atom is 0.0632 e. The van der Waals surface area contributed by atoms with Crippen LogP contribution in [0.25, 0.3) is 0 Å². The zero-order valence-electron chi connectivity index (χ0n) is 9.78. The van der Waals surface area contributed by atoms with Gasteiger partial charge in [0.1, 0.15) is 0 Å². The zero-order valence-corrected chi connectivity index (χ0v) is 9.78. The topological polar surface area (TPSA) is 47.3 Å². The fraction of sp³-hybridized carbons (Fsp3) is 0.538. The first-order valence-corrected chi connectivity index (χ1v) is 5.87. The summed E-state index contributed by atoms with van der Waals surface area (Å²) in [7, 11) is 1.72. The van der Waals surface area contributed by atoms with Crippen molar-refractivity contribution >= 4 is 0 Å². The van der Waals surface area contributed by atoms with Gasteiger partial charge in [-0.2, -0.15) is 0 Å². The molecule has 0 radical (unpaired) electrons. The first-order valence-electron chi connectivity index (χ1n) is 5.87. The largest absolute Gasteiger partial charge is 0.383 e. The van der Waals surface area contributed by atoms with Gasteiger partial charge in [-0.1, -0.05) is 24.3 Å². The molecule has 2 atom stereocenters. The number of methoxy groups -OCH3 is 1. The molecule has 0 spiro atoms. The lowest BCUT2D eigenvalue weighted by molar-refractivity contribution is 0.134. The molecule has 0 amide bonds. The lowest BCUT2D eigenvalue weighted by atomic mass is 9.80. The molecule has 2 rings (SSSR count). The predicted molar refractivity (Wildman–Crippen MR) is 64.9 cm³/mol. The smallest absolute Gasteiger partial charge is 0.0632 e. The molecular formula is C13H20N2O. The van der Waals surface area contributed by atoms with Gasteiger partial charge >= 0.3 is 0 Å². The number of benzene rings is 1. The predicted octanol–water partition coefficient (Wildman–Crippen LogP) is 1.27. The van der Waals surface area contributed by atoms with Gasteiger partial charge in [0.05, 0.1) is 6.61 Å². The number of nitrogens with one attached hydrogen (secondary N) is 1. The molecule has 88 valence electrons. The van der Waals surface area contributed by atoms with Crippen molar-refractivity contribution in [1.82, 2.24) is 5.43 Å². The standard InChI is InChI=1S/C13H20N2O/c1-16-9-13(15-14)12-7-6-10-4-2-3-5-11(10)8-12/h2-5,12-13,15H,6-9,14H2,1H3. The molecule has 1 aliphatic carbocycles. The van der Waals surface area contributed by atoms with E-state index in [1.165, 1.54) is 17.5 Å². The molecule has 0 bridgehead atoms. The second-order valence-electron chi connectivity index (χ2n) is 4.50. The quantitative estimate of drug-likeness (QED) is 0.593. The lowest BCUT2D eigenvalue weighted by Gasteiger charge is -2.30. The van der Waals surface area contributed by atoms with Crippen molar-refractivity contribution in [2.24, 2.45) is 11.8 Å². The van der Waals surface area contributed by atoms with E-state index in [2.05, 4.69) is 29.7 Å². The normalized spacial score (nSPS) is 21.5. The molecule has 0 aromatic heterocycles. The Balaban J connectivity index is 2.06. The molecule has 0 aliphatic heterocycles. The van der Waals surface area contributed by atoms with Crippen molar-refractivity contribution in [3.63, 3.8) is 0 Å². The van der Waals surface area contributed by atoms with Crippen LogP contribution in [0, 0.1) is 5.92 Å². The van der Waals surface area contributed by atoms with Crippen molar-refractivity contribution in [3.05, 3.63) is 35.4 Å². The highest BCUT2D eigenvalue weighted by molar-refractivity contribution is 5.29. The summed E-state index contributed by atoms with van der Waals surface area (Å²) in [5, 5.41) is 0. The second kappa shape index (κ2) is 5.43. The van der Waals surface area contributed by atoms with Crippen LogP contribution in [0.5, 0.6) is 0 Å². The molecular weight excluding hydrogens is 200 g/mol. The van der Waals surface area contributed by atoms with Gasteiger partial charge in [0.2, 0.25) is 0 Å². The van der Waals surface area contributed by atoms with Gasteiger partial charge in [-0.05, 0) is 36.3 Å². The molecule has 3 heteroatoms. The average molecular weight is 220 g/mol. The third-order valence-corrected chi connectivity index (χ3v) is 3.51. The summed E-state index contributed by atoms with van der Waals surface area (Å²) < 4.78 is 5.19. The Morgan fingerprint density at radius 3 is 2.88 bits per heavy atom. The van der Waals surface area contributed by atoms with E-state index in [-0.39, 0.29) is 6.04 Å². The summed E-state index contributed by atoms with van der Waals surface area (Å²) in [5.41, 5.74) is 5.84. The summed E-state index contributed by atoms with van der Waals surface area (Å²) >= 11 is 0. The van der Waals surface area contributed by atoms with E-state index in [1.807, 2.05) is 0 Å². The monoisotopic (exact) mass is 220 g/mol. The van der Waals surface area contributed by atoms with E-state index in [1.54, 1.807) is 7.11 Å². The summed E-state index contributed by atoms with van der Waals surface area (Å²) in [5.74, 6) is 6.16. The van der Waals surface area contributed by atoms with E-state index in [0.29, 0.717) is 12.5 Å². The SMILES string of the molecule is COCC(NN)C1CCc2ccccc2C1. The van der Waals surface area contributed by atoms with Crippen LogP contribution in [-0.4, -0.2) is 19.8 Å². The van der Waals surface area contributed by atoms with Crippen molar-refractivity contribution in [2.45, 2.75) is 25.3 Å². The number of hydrogen-bond donors (Lipinski definition) is 2. The van der Waals surface area contributed by atoms with Gasteiger partial charge in [0, 0.05) is 13.2 Å². The van der Waals surface area contributed by atoms with Gasteiger partial charge < -0.3 is 4.74 Å². The van der Waals surface area contributed by atoms with Crippen molar-refractivity contribution in [1.29, 1.82) is 0 Å². The molecule has 0 saturated heterocycles. The van der Waals surface area contributed by atoms with Crippen LogP contribution in [0.3, 0.4) is 0 Å². The minimum atomic E-state index is 0.262. The van der Waals surface area contributed by atoms with E-state index >= 15 is 0 Å². The van der Waals surface area contributed by atoms with Crippen LogP contribution in [0.4, 0.5) is 0 Å². The fourth-order valence-electron chi connectivity index (χ4n) is 2.57. The Bertz CT molecular complexity index is 340. The Morgan fingerprint density at radius 2 is 2.19 bits per heavy atom. The molecule has 1 aromatic rings. The molecule has 0 saturated carbocycles. The Labute approximate surface area is 97.0 Å². The second-order valence-corrected chi connectivity index (χ2v) is 4.50. The third kappa shape index (κ3) is 2.43. The van der Waals surface area contributed by atoms with Gasteiger partial charge in [0.25, 0.3) is 0 Å². The molecule has 3 N–H and O–H groups in total. The zero-order chi connectivity index (χ0) is 11.4. The highest BCUT2D eigenvalue weighted by Crippen LogP contribution is 2.27. The third-order valence-electron chi connectivity index (χ3n) is 3.51. The first-order chi connectivity index (χ1) is 7.85. The van der Waals surface area contributed by atoms with Gasteiger partial charge in [0.15, 0.2) is 0 Å². The van der Waals surface area contributed by atoms with E-state index in [9.17, 15) is 0 Å². The molecule has 0 fully saturated rings. The fourth-order valence-corrected chi connectivity index (χ4v) is 2.57. The first kappa shape index (κ1) is 11.6. The van der Waals surface area contributed by atoms with Crippen LogP contribution < -0.4 is 11.3 Å². The molecule has 16 heavy (non-hydrogen) atoms. The van der Waals surface area contributed by atoms with Gasteiger partial charge in [-0.25, -0.2) is 0 Å². The molecule has 1 aromatic carbocycles. The summed E-state index contributed by atoms with van der Waals surface area (Å²) in [6, 6.07) is 8.95. The van der Waals surface area contributed by atoms with Crippen LogP contribution >= 0.6 is 0 Å². The van der Waals surface area contributed by atoms with E-state index in [4.69, 9.17) is 10.6 Å². The van der Waals surface area contributed by atoms with Crippen LogP contribution in [0.2, 0.25) is 0 Å². The van der Waals surface area contributed by atoms with Crippen LogP contribution in [-0.2, 0) is 17.6 Å². The number of hydrogen-bond acceptors (Lipinski definition) is 3. The Morgan fingerprint density at radius 1 is 1.44 bits per heavy atom. The highest BCUT2D eigenvalue weighted by atomic mass is 16.5. The van der Waals surface area contributed by atoms with E-state index < -0.39 is 0 Å². The summed E-state index contributed by atoms with van der Waals surface area (Å²) in [6.45, 7) is 0.684. The maximum atomic E-state index is 5.58. The number of rotatable bonds is 4. The van der Waals surface area contributed by atoms with Crippen molar-refractivity contribution < 1.29 is 4.74 Å². The number of aryl methyl sites for hydroxylation is 1. The number of nitrogens with two attached hydrogens (primary N) is 1. The maximum absolute atomic E-state index is 5.58. The number of fused-ring (bicyclic) bond motifs is 1. The minimum Gasteiger partial charge on any atom is -0.383 e. The molecule has 0 heterocycles. The highest BCUT2D eigenvalue weighted by Gasteiger charge is 2.25. The lowest BCUT2D eigenvalue weighted by Crippen LogP contribution is -2.45. The molecule has 1 aliphatic rings. The van der Waals surface area contributed by atoms with Crippen molar-refractivity contribution in [3.8, 4) is 0 Å². The summed E-state index contributed by atoms with van der Waals surface area (Å²) in [6.07, 6.45) is 3.45. The Kier molecular flexibility index (Phi) is 3.93. The van der Waals surface area contributed by atoms with E-state index in [0.717, 1.165) is 12.8 Å². The molecule has 3 nitrogen and oxygen atoms in total. The number of hydrazine groups is 1. The summed E-state index contributed by atoms with van der Waals surface area (Å²) in [4.78, 5) is 0. The van der Waals surface area contributed by atoms with Gasteiger partial charge in [-0.15, -0.1) is 0 Å². The van der Waals surface area contributed by atoms with Crippen molar-refractivity contribution in [2.75, 3.05) is 13.7 Å². The minimum absolute atomic E-state index is 0.262.